The Morgan fingerprint density at radius 3 is 3.17 bits per heavy atom. The molecule has 0 fully saturated rings. The van der Waals surface area contributed by atoms with Gasteiger partial charge in [0.15, 0.2) is 0 Å². The van der Waals surface area contributed by atoms with Crippen LogP contribution in [0, 0.1) is 0 Å². The van der Waals surface area contributed by atoms with Gasteiger partial charge in [-0.1, -0.05) is 6.08 Å². The third-order valence-electron chi connectivity index (χ3n) is 3.18. The van der Waals surface area contributed by atoms with Gasteiger partial charge >= 0.3 is 0 Å². The molecule has 0 saturated carbocycles. The molecule has 2 aromatic heterocycles. The molecule has 92 valence electrons. The molecular weight excluding hydrogens is 230 g/mol. The molecule has 6 heteroatoms. The van der Waals surface area contributed by atoms with Crippen LogP contribution in [0.3, 0.4) is 0 Å². The molecule has 1 aliphatic carbocycles. The maximum atomic E-state index is 11.6. The summed E-state index contributed by atoms with van der Waals surface area (Å²) in [7, 11) is 0. The van der Waals surface area contributed by atoms with Gasteiger partial charge in [-0.25, -0.2) is 0 Å². The highest BCUT2D eigenvalue weighted by atomic mass is 16.1. The lowest BCUT2D eigenvalue weighted by Gasteiger charge is -2.10. The first-order valence-electron chi connectivity index (χ1n) is 5.75. The highest BCUT2D eigenvalue weighted by Gasteiger charge is 2.27. The molecule has 0 unspecified atom stereocenters. The number of aromatic amines is 1. The van der Waals surface area contributed by atoms with E-state index >= 15 is 0 Å². The number of nitrogens with two attached hydrogens (primary N) is 1. The fraction of sp³-hybridized carbons (Fsp3) is 0.250. The third-order valence-corrected chi connectivity index (χ3v) is 3.18. The number of rotatable bonds is 3. The second-order valence-corrected chi connectivity index (χ2v) is 4.27. The summed E-state index contributed by atoms with van der Waals surface area (Å²) < 4.78 is 1.61. The topological polar surface area (TPSA) is 89.6 Å². The number of aryl methyl sites for hydroxylation is 1. The normalized spacial score (nSPS) is 12.9. The van der Waals surface area contributed by atoms with Crippen molar-refractivity contribution in [2.75, 3.05) is 0 Å². The van der Waals surface area contributed by atoms with E-state index in [1.165, 1.54) is 0 Å². The van der Waals surface area contributed by atoms with Crippen molar-refractivity contribution in [1.82, 2.24) is 20.0 Å². The van der Waals surface area contributed by atoms with Gasteiger partial charge in [0.2, 0.25) is 0 Å². The number of carbonyl (C=O) groups is 1. The summed E-state index contributed by atoms with van der Waals surface area (Å²) in [6, 6.07) is 0. The minimum Gasteiger partial charge on any atom is -0.364 e. The highest BCUT2D eigenvalue weighted by molar-refractivity contribution is 5.95. The molecule has 1 aliphatic rings. The van der Waals surface area contributed by atoms with E-state index in [0.29, 0.717) is 12.2 Å². The van der Waals surface area contributed by atoms with Crippen LogP contribution in [0.5, 0.6) is 0 Å². The molecule has 2 heterocycles. The van der Waals surface area contributed by atoms with E-state index in [4.69, 9.17) is 5.73 Å². The van der Waals surface area contributed by atoms with Crippen molar-refractivity contribution in [3.05, 3.63) is 35.8 Å². The lowest BCUT2D eigenvalue weighted by Crippen LogP contribution is -2.19. The van der Waals surface area contributed by atoms with Crippen LogP contribution in [-0.4, -0.2) is 25.9 Å². The summed E-state index contributed by atoms with van der Waals surface area (Å²) in [5.74, 6) is -0.447. The number of nitrogens with one attached hydrogen (secondary N) is 1. The van der Waals surface area contributed by atoms with Gasteiger partial charge in [0.25, 0.3) is 5.91 Å². The molecule has 0 aromatic carbocycles. The first-order valence-corrected chi connectivity index (χ1v) is 5.75. The molecule has 0 aliphatic heterocycles. The van der Waals surface area contributed by atoms with Gasteiger partial charge in [0.05, 0.1) is 18.4 Å². The maximum Gasteiger partial charge on any atom is 0.267 e. The van der Waals surface area contributed by atoms with E-state index < -0.39 is 5.91 Å². The predicted octanol–water partition coefficient (Wildman–Crippen LogP) is 0.657. The van der Waals surface area contributed by atoms with Crippen LogP contribution in [0.15, 0.2) is 18.9 Å². The fourth-order valence-corrected chi connectivity index (χ4v) is 2.44. The highest BCUT2D eigenvalue weighted by Crippen LogP contribution is 2.33. The summed E-state index contributed by atoms with van der Waals surface area (Å²) in [6.07, 6.45) is 5.01. The average molecular weight is 243 g/mol. The van der Waals surface area contributed by atoms with Crippen LogP contribution in [0.4, 0.5) is 0 Å². The van der Waals surface area contributed by atoms with Gasteiger partial charge in [0, 0.05) is 16.8 Å². The van der Waals surface area contributed by atoms with Crippen LogP contribution >= 0.6 is 0 Å². The molecule has 6 nitrogen and oxygen atoms in total. The third kappa shape index (κ3) is 1.38. The Hall–Kier alpha value is -2.37. The van der Waals surface area contributed by atoms with Gasteiger partial charge in [-0.3, -0.25) is 14.6 Å². The summed E-state index contributed by atoms with van der Waals surface area (Å²) in [5, 5.41) is 11.4. The van der Waals surface area contributed by atoms with Gasteiger partial charge in [-0.05, 0) is 12.8 Å². The van der Waals surface area contributed by atoms with Crippen LogP contribution in [-0.2, 0) is 19.4 Å². The van der Waals surface area contributed by atoms with E-state index in [0.717, 1.165) is 35.4 Å². The second kappa shape index (κ2) is 3.83. The minimum absolute atomic E-state index is 0.447. The van der Waals surface area contributed by atoms with Gasteiger partial charge in [0.1, 0.15) is 5.69 Å². The standard InChI is InChI=1S/C12H13N5O/c1-2-5-17-11(12(13)18)7-3-4-9-8(6-14-15-9)10(7)16-17/h2,6H,1,3-5H2,(H2,13,18)(H,14,15). The number of allylic oxidation sites excluding steroid dienone is 1. The maximum absolute atomic E-state index is 11.6. The van der Waals surface area contributed by atoms with E-state index in [1.807, 2.05) is 0 Å². The molecule has 0 radical (unpaired) electrons. The first kappa shape index (κ1) is 10.8. The lowest BCUT2D eigenvalue weighted by atomic mass is 9.94. The Morgan fingerprint density at radius 1 is 1.61 bits per heavy atom. The van der Waals surface area contributed by atoms with Gasteiger partial charge in [-0.15, -0.1) is 6.58 Å². The molecule has 18 heavy (non-hydrogen) atoms. The molecule has 0 bridgehead atoms. The number of hydrogen-bond acceptors (Lipinski definition) is 3. The second-order valence-electron chi connectivity index (χ2n) is 4.27. The molecule has 2 aromatic rings. The Labute approximate surface area is 103 Å². The molecule has 0 spiro atoms. The number of amides is 1. The summed E-state index contributed by atoms with van der Waals surface area (Å²) in [6.45, 7) is 4.14. The number of H-pyrrole nitrogens is 1. The molecule has 3 rings (SSSR count). The van der Waals surface area contributed by atoms with Crippen LogP contribution in [0.25, 0.3) is 11.3 Å². The van der Waals surface area contributed by atoms with E-state index in [-0.39, 0.29) is 0 Å². The fourth-order valence-electron chi connectivity index (χ4n) is 2.44. The zero-order valence-electron chi connectivity index (χ0n) is 9.81. The van der Waals surface area contributed by atoms with Crippen LogP contribution < -0.4 is 5.73 Å². The van der Waals surface area contributed by atoms with E-state index in [1.54, 1.807) is 17.0 Å². The van der Waals surface area contributed by atoms with Crippen LogP contribution in [0.1, 0.15) is 21.7 Å². The molecule has 1 amide bonds. The average Bonchev–Trinajstić information content (AvgIpc) is 2.90. The van der Waals surface area contributed by atoms with E-state index in [2.05, 4.69) is 21.9 Å². The van der Waals surface area contributed by atoms with Crippen molar-refractivity contribution in [3.8, 4) is 11.3 Å². The molecule has 0 atom stereocenters. The molecule has 3 N–H and O–H groups in total. The largest absolute Gasteiger partial charge is 0.364 e. The van der Waals surface area contributed by atoms with Crippen molar-refractivity contribution in [1.29, 1.82) is 0 Å². The quantitative estimate of drug-likeness (QED) is 0.776. The lowest BCUT2D eigenvalue weighted by molar-refractivity contribution is 0.0989. The van der Waals surface area contributed by atoms with Crippen molar-refractivity contribution < 1.29 is 4.79 Å². The number of nitrogens with zero attached hydrogens (tertiary/aromatic N) is 3. The van der Waals surface area contributed by atoms with Crippen molar-refractivity contribution in [2.45, 2.75) is 19.4 Å². The zero-order chi connectivity index (χ0) is 12.7. The minimum atomic E-state index is -0.447. The van der Waals surface area contributed by atoms with Crippen molar-refractivity contribution in [3.63, 3.8) is 0 Å². The Balaban J connectivity index is 2.23. The molecule has 0 saturated heterocycles. The Morgan fingerprint density at radius 2 is 2.44 bits per heavy atom. The van der Waals surface area contributed by atoms with Crippen molar-refractivity contribution in [2.24, 2.45) is 5.73 Å². The van der Waals surface area contributed by atoms with Crippen LogP contribution in [0.2, 0.25) is 0 Å². The summed E-state index contributed by atoms with van der Waals surface area (Å²) >= 11 is 0. The monoisotopic (exact) mass is 243 g/mol. The SMILES string of the molecule is C=CCn1nc2c(c1C(N)=O)CCc1[nH]ncc1-2. The first-order chi connectivity index (χ1) is 8.72. The van der Waals surface area contributed by atoms with E-state index in [9.17, 15) is 4.79 Å². The zero-order valence-corrected chi connectivity index (χ0v) is 9.81. The van der Waals surface area contributed by atoms with Crippen molar-refractivity contribution >= 4 is 5.91 Å². The predicted molar refractivity (Wildman–Crippen MR) is 65.9 cm³/mol. The smallest absolute Gasteiger partial charge is 0.267 e. The number of aromatic nitrogens is 4. The summed E-state index contributed by atoms with van der Waals surface area (Å²) in [5.41, 5.74) is 9.67. The van der Waals surface area contributed by atoms with Gasteiger partial charge in [-0.2, -0.15) is 10.2 Å². The molecular formula is C12H13N5O. The summed E-state index contributed by atoms with van der Waals surface area (Å²) in [4.78, 5) is 11.6. The Bertz CT molecular complexity index is 637. The number of carbonyl (C=O) groups excluding carboxylic acids is 1. The number of primary amides is 1. The number of hydrogen-bond donors (Lipinski definition) is 2. The number of fused-ring (bicyclic) bond motifs is 3. The van der Waals surface area contributed by atoms with Gasteiger partial charge < -0.3 is 5.73 Å². The Kier molecular flexibility index (Phi) is 2.29.